The van der Waals surface area contributed by atoms with Gasteiger partial charge in [-0.05, 0) is 19.9 Å². The Labute approximate surface area is 67.4 Å². The molecule has 11 heavy (non-hydrogen) atoms. The first kappa shape index (κ1) is 8.29. The molecule has 0 aromatic rings. The second kappa shape index (κ2) is 4.15. The van der Waals surface area contributed by atoms with Crippen molar-refractivity contribution in [2.45, 2.75) is 19.8 Å². The summed E-state index contributed by atoms with van der Waals surface area (Å²) in [6.07, 6.45) is 1.42. The molecule has 1 saturated heterocycles. The molecule has 1 heterocycles. The highest BCUT2D eigenvalue weighted by Gasteiger charge is 2.20. The van der Waals surface area contributed by atoms with E-state index in [-0.39, 0.29) is 5.92 Å². The molecule has 1 aliphatic heterocycles. The average molecular weight is 151 g/mol. The largest absolute Gasteiger partial charge is 0.316 e. The minimum absolute atomic E-state index is 0.232. The molecule has 1 unspecified atom stereocenters. The van der Waals surface area contributed by atoms with Gasteiger partial charge in [0.1, 0.15) is 5.78 Å². The van der Waals surface area contributed by atoms with Gasteiger partial charge in [-0.2, -0.15) is 0 Å². The maximum atomic E-state index is 11.3. The molecule has 0 aliphatic carbocycles. The second-order valence-corrected chi connectivity index (χ2v) is 2.76. The van der Waals surface area contributed by atoms with E-state index in [0.717, 1.165) is 19.5 Å². The van der Waals surface area contributed by atoms with Crippen molar-refractivity contribution in [2.75, 3.05) is 13.1 Å². The van der Waals surface area contributed by atoms with Crippen LogP contribution in [-0.4, -0.2) is 18.9 Å². The van der Waals surface area contributed by atoms with Crippen LogP contribution in [0.15, 0.2) is 0 Å². The van der Waals surface area contributed by atoms with Crippen molar-refractivity contribution >= 4 is 5.78 Å². The maximum absolute atomic E-state index is 11.3. The Kier molecular flexibility index (Phi) is 3.13. The molecule has 2 nitrogen and oxygen atoms in total. The van der Waals surface area contributed by atoms with E-state index in [1.54, 1.807) is 6.92 Å². The first-order chi connectivity index (χ1) is 5.34. The van der Waals surface area contributed by atoms with Crippen LogP contribution in [-0.2, 0) is 4.79 Å². The number of carbonyl (C=O) groups is 1. The number of hydrogen-bond acceptors (Lipinski definition) is 2. The molecule has 1 N–H and O–H groups in total. The molecule has 0 spiro atoms. The van der Waals surface area contributed by atoms with Gasteiger partial charge in [0.25, 0.3) is 0 Å². The van der Waals surface area contributed by atoms with Crippen LogP contribution in [0, 0.1) is 17.8 Å². The van der Waals surface area contributed by atoms with Gasteiger partial charge >= 0.3 is 0 Å². The maximum Gasteiger partial charge on any atom is 0.149 e. The first-order valence-corrected chi connectivity index (χ1v) is 3.97. The number of hydrogen-bond donors (Lipinski definition) is 1. The highest BCUT2D eigenvalue weighted by Crippen LogP contribution is 2.09. The van der Waals surface area contributed by atoms with Crippen molar-refractivity contribution in [2.24, 2.45) is 5.92 Å². The van der Waals surface area contributed by atoms with Crippen LogP contribution in [0.4, 0.5) is 0 Å². The van der Waals surface area contributed by atoms with E-state index in [1.165, 1.54) is 0 Å². The van der Waals surface area contributed by atoms with E-state index in [9.17, 15) is 4.79 Å². The Morgan fingerprint density at radius 3 is 3.09 bits per heavy atom. The summed E-state index contributed by atoms with van der Waals surface area (Å²) in [6.45, 7) is 3.60. The Morgan fingerprint density at radius 2 is 2.55 bits per heavy atom. The Balaban J connectivity index is 2.32. The van der Waals surface area contributed by atoms with Crippen molar-refractivity contribution in [3.63, 3.8) is 0 Å². The van der Waals surface area contributed by atoms with Crippen LogP contribution in [0.1, 0.15) is 19.8 Å². The minimum Gasteiger partial charge on any atom is -0.316 e. The van der Waals surface area contributed by atoms with Gasteiger partial charge in [-0.25, -0.2) is 0 Å². The molecule has 60 valence electrons. The van der Waals surface area contributed by atoms with Crippen LogP contribution in [0.5, 0.6) is 0 Å². The van der Waals surface area contributed by atoms with Crippen LogP contribution in [0.3, 0.4) is 0 Å². The fourth-order valence-electron chi connectivity index (χ4n) is 1.25. The van der Waals surface area contributed by atoms with Crippen molar-refractivity contribution in [3.8, 4) is 11.8 Å². The molecular formula is C9H13NO. The van der Waals surface area contributed by atoms with Gasteiger partial charge in [-0.3, -0.25) is 4.79 Å². The highest BCUT2D eigenvalue weighted by atomic mass is 16.1. The lowest BCUT2D eigenvalue weighted by molar-refractivity contribution is -0.121. The monoisotopic (exact) mass is 151 g/mol. The number of Topliss-reactive ketones (excluding diaryl/α,β-unsaturated/α-hetero) is 1. The number of nitrogens with one attached hydrogen (secondary N) is 1. The van der Waals surface area contributed by atoms with E-state index in [4.69, 9.17) is 0 Å². The van der Waals surface area contributed by atoms with Crippen molar-refractivity contribution in [1.82, 2.24) is 5.32 Å². The van der Waals surface area contributed by atoms with Crippen molar-refractivity contribution in [3.05, 3.63) is 0 Å². The molecule has 0 radical (unpaired) electrons. The summed E-state index contributed by atoms with van der Waals surface area (Å²) in [4.78, 5) is 11.3. The molecule has 0 aromatic carbocycles. The van der Waals surface area contributed by atoms with E-state index in [1.807, 2.05) is 0 Å². The predicted molar refractivity (Wildman–Crippen MR) is 44.1 cm³/mol. The molecule has 1 rings (SSSR count). The van der Waals surface area contributed by atoms with E-state index in [2.05, 4.69) is 17.2 Å². The van der Waals surface area contributed by atoms with Crippen LogP contribution < -0.4 is 5.32 Å². The summed E-state index contributed by atoms with van der Waals surface area (Å²) in [5.41, 5.74) is 0. The van der Waals surface area contributed by atoms with Gasteiger partial charge in [-0.15, -0.1) is 5.92 Å². The predicted octanol–water partition coefficient (Wildman–Crippen LogP) is 0.578. The highest BCUT2D eigenvalue weighted by molar-refractivity contribution is 5.83. The molecule has 0 bridgehead atoms. The number of ketones is 1. The lowest BCUT2D eigenvalue weighted by Crippen LogP contribution is -2.16. The lowest BCUT2D eigenvalue weighted by atomic mass is 10.0. The zero-order chi connectivity index (χ0) is 8.10. The van der Waals surface area contributed by atoms with Gasteiger partial charge in [0.05, 0.1) is 6.42 Å². The second-order valence-electron chi connectivity index (χ2n) is 2.76. The SMILES string of the molecule is CC#CCC(=O)C1CCNC1. The fourth-order valence-corrected chi connectivity index (χ4v) is 1.25. The average Bonchev–Trinajstić information content (AvgIpc) is 2.52. The zero-order valence-corrected chi connectivity index (χ0v) is 6.81. The van der Waals surface area contributed by atoms with Gasteiger partial charge in [0.2, 0.25) is 0 Å². The zero-order valence-electron chi connectivity index (χ0n) is 6.81. The Hall–Kier alpha value is -0.810. The molecule has 0 saturated carbocycles. The summed E-state index contributed by atoms with van der Waals surface area (Å²) in [6, 6.07) is 0. The van der Waals surface area contributed by atoms with Crippen molar-refractivity contribution < 1.29 is 4.79 Å². The lowest BCUT2D eigenvalue weighted by Gasteiger charge is -2.01. The molecule has 0 amide bonds. The third kappa shape index (κ3) is 2.36. The molecule has 0 aromatic heterocycles. The van der Waals surface area contributed by atoms with E-state index >= 15 is 0 Å². The molecule has 1 atom stereocenters. The van der Waals surface area contributed by atoms with Gasteiger partial charge < -0.3 is 5.32 Å². The number of rotatable bonds is 2. The fraction of sp³-hybridized carbons (Fsp3) is 0.667. The summed E-state index contributed by atoms with van der Waals surface area (Å²) in [5, 5.41) is 3.16. The normalized spacial score (nSPS) is 22.5. The Bertz CT molecular complexity index is 193. The Morgan fingerprint density at radius 1 is 1.73 bits per heavy atom. The summed E-state index contributed by atoms with van der Waals surface area (Å²) in [7, 11) is 0. The molecular weight excluding hydrogens is 138 g/mol. The number of carbonyl (C=O) groups excluding carboxylic acids is 1. The molecule has 2 heteroatoms. The molecule has 1 fully saturated rings. The van der Waals surface area contributed by atoms with Crippen LogP contribution in [0.2, 0.25) is 0 Å². The summed E-state index contributed by atoms with van der Waals surface area (Å²) >= 11 is 0. The van der Waals surface area contributed by atoms with Gasteiger partial charge in [0, 0.05) is 12.5 Å². The van der Waals surface area contributed by atoms with E-state index in [0.29, 0.717) is 12.2 Å². The first-order valence-electron chi connectivity index (χ1n) is 3.97. The third-order valence-electron chi connectivity index (χ3n) is 1.96. The summed E-state index contributed by atoms with van der Waals surface area (Å²) < 4.78 is 0. The van der Waals surface area contributed by atoms with E-state index < -0.39 is 0 Å². The summed E-state index contributed by atoms with van der Waals surface area (Å²) in [5.74, 6) is 6.06. The molecule has 1 aliphatic rings. The topological polar surface area (TPSA) is 29.1 Å². The standard InChI is InChI=1S/C9H13NO/c1-2-3-4-9(11)8-5-6-10-7-8/h8,10H,4-7H2,1H3. The van der Waals surface area contributed by atoms with Crippen LogP contribution in [0.25, 0.3) is 0 Å². The smallest absolute Gasteiger partial charge is 0.149 e. The van der Waals surface area contributed by atoms with Gasteiger partial charge in [0.15, 0.2) is 0 Å². The quantitative estimate of drug-likeness (QED) is 0.585. The minimum atomic E-state index is 0.232. The van der Waals surface area contributed by atoms with Crippen LogP contribution >= 0.6 is 0 Å². The van der Waals surface area contributed by atoms with Gasteiger partial charge in [-0.1, -0.05) is 5.92 Å². The van der Waals surface area contributed by atoms with Crippen molar-refractivity contribution in [1.29, 1.82) is 0 Å². The third-order valence-corrected chi connectivity index (χ3v) is 1.96.